The zero-order valence-electron chi connectivity index (χ0n) is 14.2. The summed E-state index contributed by atoms with van der Waals surface area (Å²) in [4.78, 5) is 29.1. The van der Waals surface area contributed by atoms with Crippen LogP contribution in [0.4, 0.5) is 5.69 Å². The minimum Gasteiger partial charge on any atom is -0.331 e. The van der Waals surface area contributed by atoms with Gasteiger partial charge in [0.05, 0.1) is 0 Å². The van der Waals surface area contributed by atoms with Crippen LogP contribution in [0.25, 0.3) is 0 Å². The number of benzene rings is 1. The summed E-state index contributed by atoms with van der Waals surface area (Å²) in [5.74, 6) is 0.237. The molecule has 1 aromatic carbocycles. The van der Waals surface area contributed by atoms with Crippen LogP contribution in [0.2, 0.25) is 0 Å². The third-order valence-corrected chi connectivity index (χ3v) is 4.94. The summed E-state index contributed by atoms with van der Waals surface area (Å²) in [5, 5.41) is 0. The highest BCUT2D eigenvalue weighted by Crippen LogP contribution is 2.31. The second kappa shape index (κ2) is 6.73. The summed E-state index contributed by atoms with van der Waals surface area (Å²) in [5.41, 5.74) is 3.54. The van der Waals surface area contributed by atoms with Crippen molar-refractivity contribution < 1.29 is 9.59 Å². The van der Waals surface area contributed by atoms with Crippen LogP contribution in [0.15, 0.2) is 18.2 Å². The largest absolute Gasteiger partial charge is 0.331 e. The second-order valence-corrected chi connectivity index (χ2v) is 6.72. The number of nitrogens with zero attached hydrogens (tertiary/aromatic N) is 2. The molecule has 1 unspecified atom stereocenters. The minimum absolute atomic E-state index is 0.108. The van der Waals surface area contributed by atoms with Crippen molar-refractivity contribution in [1.29, 1.82) is 0 Å². The number of anilines is 1. The van der Waals surface area contributed by atoms with Crippen LogP contribution in [-0.2, 0) is 16.0 Å². The van der Waals surface area contributed by atoms with E-state index in [0.29, 0.717) is 6.42 Å². The number of aryl methyl sites for hydroxylation is 2. The Hall–Kier alpha value is -1.84. The molecular weight excluding hydrogens is 288 g/mol. The number of carbonyl (C=O) groups is 2. The van der Waals surface area contributed by atoms with Gasteiger partial charge in [0.25, 0.3) is 0 Å². The van der Waals surface area contributed by atoms with Crippen molar-refractivity contribution in [2.75, 3.05) is 18.0 Å². The van der Waals surface area contributed by atoms with Crippen molar-refractivity contribution in [2.45, 2.75) is 58.4 Å². The van der Waals surface area contributed by atoms with Gasteiger partial charge in [-0.1, -0.05) is 24.6 Å². The zero-order chi connectivity index (χ0) is 16.4. The topological polar surface area (TPSA) is 40.6 Å². The molecule has 23 heavy (non-hydrogen) atoms. The molecule has 3 rings (SSSR count). The Balaban J connectivity index is 1.82. The maximum absolute atomic E-state index is 13.1. The number of hydrogen-bond acceptors (Lipinski definition) is 2. The molecule has 2 amide bonds. The van der Waals surface area contributed by atoms with Crippen LogP contribution >= 0.6 is 0 Å². The van der Waals surface area contributed by atoms with Gasteiger partial charge >= 0.3 is 0 Å². The molecule has 0 saturated carbocycles. The van der Waals surface area contributed by atoms with Gasteiger partial charge in [-0.05, 0) is 50.7 Å². The first-order valence-electron chi connectivity index (χ1n) is 8.82. The van der Waals surface area contributed by atoms with Gasteiger partial charge in [0, 0.05) is 25.2 Å². The minimum atomic E-state index is -0.263. The Kier molecular flexibility index (Phi) is 4.69. The molecule has 1 saturated heterocycles. The van der Waals surface area contributed by atoms with Crippen molar-refractivity contribution in [3.63, 3.8) is 0 Å². The fourth-order valence-corrected chi connectivity index (χ4v) is 3.81. The van der Waals surface area contributed by atoms with E-state index in [1.807, 2.05) is 16.7 Å². The smallest absolute Gasteiger partial charge is 0.249 e. The summed E-state index contributed by atoms with van der Waals surface area (Å²) in [6.45, 7) is 5.59. The van der Waals surface area contributed by atoms with Gasteiger partial charge < -0.3 is 9.80 Å². The molecule has 0 radical (unpaired) electrons. The van der Waals surface area contributed by atoms with Crippen LogP contribution < -0.4 is 4.90 Å². The van der Waals surface area contributed by atoms with Gasteiger partial charge in [0.1, 0.15) is 6.04 Å². The number of hydrogen-bond donors (Lipinski definition) is 0. The van der Waals surface area contributed by atoms with Gasteiger partial charge in [-0.25, -0.2) is 0 Å². The van der Waals surface area contributed by atoms with Crippen LogP contribution in [0.5, 0.6) is 0 Å². The lowest BCUT2D eigenvalue weighted by molar-refractivity contribution is -0.137. The van der Waals surface area contributed by atoms with E-state index in [-0.39, 0.29) is 17.9 Å². The first kappa shape index (κ1) is 16.0. The summed E-state index contributed by atoms with van der Waals surface area (Å²) < 4.78 is 0. The van der Waals surface area contributed by atoms with E-state index in [1.165, 1.54) is 11.1 Å². The van der Waals surface area contributed by atoms with E-state index >= 15 is 0 Å². The van der Waals surface area contributed by atoms with E-state index in [1.54, 1.807) is 0 Å². The summed E-state index contributed by atoms with van der Waals surface area (Å²) >= 11 is 0. The monoisotopic (exact) mass is 314 g/mol. The standard InChI is InChI=1S/C19H26N2O2/c1-3-6-18(22)20-11-5-8-17(20)19(23)21-12-4-7-15-13-14(2)9-10-16(15)21/h9-10,13,17H,3-8,11-12H2,1-2H3. The summed E-state index contributed by atoms with van der Waals surface area (Å²) in [6.07, 6.45) is 5.13. The van der Waals surface area contributed by atoms with E-state index < -0.39 is 0 Å². The average Bonchev–Trinajstić information content (AvgIpc) is 3.03. The lowest BCUT2D eigenvalue weighted by Gasteiger charge is -2.34. The first-order chi connectivity index (χ1) is 11.1. The molecule has 4 heteroatoms. The van der Waals surface area contributed by atoms with Crippen LogP contribution in [-0.4, -0.2) is 35.8 Å². The van der Waals surface area contributed by atoms with E-state index in [2.05, 4.69) is 25.1 Å². The average molecular weight is 314 g/mol. The molecule has 1 atom stereocenters. The van der Waals surface area contributed by atoms with Crippen molar-refractivity contribution in [3.8, 4) is 0 Å². The summed E-state index contributed by atoms with van der Waals surface area (Å²) in [7, 11) is 0. The Morgan fingerprint density at radius 2 is 2.04 bits per heavy atom. The van der Waals surface area contributed by atoms with Gasteiger partial charge in [-0.3, -0.25) is 9.59 Å². The quantitative estimate of drug-likeness (QED) is 0.860. The molecule has 0 N–H and O–H groups in total. The molecule has 1 fully saturated rings. The van der Waals surface area contributed by atoms with Crippen molar-refractivity contribution in [3.05, 3.63) is 29.3 Å². The second-order valence-electron chi connectivity index (χ2n) is 6.72. The van der Waals surface area contributed by atoms with Crippen molar-refractivity contribution in [1.82, 2.24) is 4.90 Å². The number of amides is 2. The normalized spacial score (nSPS) is 20.5. The Bertz CT molecular complexity index is 611. The molecule has 0 aromatic heterocycles. The fourth-order valence-electron chi connectivity index (χ4n) is 3.81. The molecule has 2 heterocycles. The zero-order valence-corrected chi connectivity index (χ0v) is 14.2. The van der Waals surface area contributed by atoms with E-state index in [4.69, 9.17) is 0 Å². The van der Waals surface area contributed by atoms with Gasteiger partial charge in [-0.2, -0.15) is 0 Å². The maximum atomic E-state index is 13.1. The molecule has 1 aromatic rings. The highest BCUT2D eigenvalue weighted by molar-refractivity contribution is 6.00. The van der Waals surface area contributed by atoms with E-state index in [9.17, 15) is 9.59 Å². The molecule has 2 aliphatic heterocycles. The number of likely N-dealkylation sites (tertiary alicyclic amines) is 1. The molecule has 0 spiro atoms. The van der Waals surface area contributed by atoms with Crippen LogP contribution in [0.3, 0.4) is 0 Å². The van der Waals surface area contributed by atoms with Gasteiger partial charge in [-0.15, -0.1) is 0 Å². The molecule has 0 bridgehead atoms. The Morgan fingerprint density at radius 1 is 1.22 bits per heavy atom. The Labute approximate surface area is 138 Å². The van der Waals surface area contributed by atoms with Gasteiger partial charge in [0.15, 0.2) is 0 Å². The molecular formula is C19H26N2O2. The highest BCUT2D eigenvalue weighted by atomic mass is 16.2. The molecule has 4 nitrogen and oxygen atoms in total. The highest BCUT2D eigenvalue weighted by Gasteiger charge is 2.37. The number of rotatable bonds is 3. The predicted molar refractivity (Wildman–Crippen MR) is 91.5 cm³/mol. The Morgan fingerprint density at radius 3 is 2.83 bits per heavy atom. The lowest BCUT2D eigenvalue weighted by Crippen LogP contribution is -2.49. The van der Waals surface area contributed by atoms with E-state index in [0.717, 1.165) is 50.9 Å². The molecule has 2 aliphatic rings. The molecule has 124 valence electrons. The number of fused-ring (bicyclic) bond motifs is 1. The first-order valence-corrected chi connectivity index (χ1v) is 8.82. The van der Waals surface area contributed by atoms with Crippen molar-refractivity contribution in [2.24, 2.45) is 0 Å². The number of carbonyl (C=O) groups excluding carboxylic acids is 2. The third kappa shape index (κ3) is 3.12. The van der Waals surface area contributed by atoms with Crippen molar-refractivity contribution >= 4 is 17.5 Å². The van der Waals surface area contributed by atoms with Crippen LogP contribution in [0, 0.1) is 6.92 Å². The van der Waals surface area contributed by atoms with Crippen LogP contribution in [0.1, 0.15) is 50.2 Å². The third-order valence-electron chi connectivity index (χ3n) is 4.94. The van der Waals surface area contributed by atoms with Gasteiger partial charge in [0.2, 0.25) is 11.8 Å². The predicted octanol–water partition coefficient (Wildman–Crippen LogP) is 3.07. The molecule has 0 aliphatic carbocycles. The summed E-state index contributed by atoms with van der Waals surface area (Å²) in [6, 6.07) is 6.05. The SMILES string of the molecule is CCCC(=O)N1CCCC1C(=O)N1CCCc2cc(C)ccc21. The maximum Gasteiger partial charge on any atom is 0.249 e. The lowest BCUT2D eigenvalue weighted by atomic mass is 9.98. The fraction of sp³-hybridized carbons (Fsp3) is 0.579.